The van der Waals surface area contributed by atoms with Gasteiger partial charge < -0.3 is 24.9 Å². The number of benzene rings is 2. The molecule has 0 saturated heterocycles. The molecule has 0 aliphatic carbocycles. The standard InChI is InChI=1S/C18H20Cl2N2O3/c1-23-16-8-13(10-21)9-17(24-2)18(16)25-6-5-22-11-12-3-4-14(19)15(20)7-12/h3-4,7-10,21-22H,5-6,11H2,1-2H3. The molecule has 0 aromatic heterocycles. The summed E-state index contributed by atoms with van der Waals surface area (Å²) in [5, 5.41) is 11.7. The molecule has 25 heavy (non-hydrogen) atoms. The van der Waals surface area contributed by atoms with Crippen molar-refractivity contribution in [3.63, 3.8) is 0 Å². The maximum atomic E-state index is 7.36. The molecule has 0 spiro atoms. The lowest BCUT2D eigenvalue weighted by molar-refractivity contribution is 0.273. The van der Waals surface area contributed by atoms with Crippen LogP contribution in [0.4, 0.5) is 0 Å². The molecule has 5 nitrogen and oxygen atoms in total. The van der Waals surface area contributed by atoms with Gasteiger partial charge in [-0.25, -0.2) is 0 Å². The SMILES string of the molecule is COc1cc(C=N)cc(OC)c1OCCNCc1ccc(Cl)c(Cl)c1. The molecule has 2 aromatic carbocycles. The van der Waals surface area contributed by atoms with Crippen LogP contribution in [-0.4, -0.2) is 33.6 Å². The van der Waals surface area contributed by atoms with E-state index in [0.717, 1.165) is 5.56 Å². The van der Waals surface area contributed by atoms with E-state index in [-0.39, 0.29) is 0 Å². The average Bonchev–Trinajstić information content (AvgIpc) is 2.63. The first-order valence-electron chi connectivity index (χ1n) is 7.63. The Hall–Kier alpha value is -1.95. The number of methoxy groups -OCH3 is 2. The van der Waals surface area contributed by atoms with Gasteiger partial charge in [-0.1, -0.05) is 29.3 Å². The maximum absolute atomic E-state index is 7.36. The number of nitrogens with one attached hydrogen (secondary N) is 2. The minimum atomic E-state index is 0.429. The third-order valence-corrected chi connectivity index (χ3v) is 4.23. The Kier molecular flexibility index (Phi) is 7.37. The van der Waals surface area contributed by atoms with Crippen LogP contribution in [0.15, 0.2) is 30.3 Å². The zero-order chi connectivity index (χ0) is 18.2. The highest BCUT2D eigenvalue weighted by atomic mass is 35.5. The summed E-state index contributed by atoms with van der Waals surface area (Å²) < 4.78 is 16.4. The minimum absolute atomic E-state index is 0.429. The Labute approximate surface area is 157 Å². The lowest BCUT2D eigenvalue weighted by atomic mass is 10.2. The molecule has 0 bridgehead atoms. The van der Waals surface area contributed by atoms with Crippen molar-refractivity contribution in [2.24, 2.45) is 0 Å². The first kappa shape index (κ1) is 19.4. The summed E-state index contributed by atoms with van der Waals surface area (Å²) in [6.45, 7) is 1.71. The van der Waals surface area contributed by atoms with E-state index in [1.807, 2.05) is 12.1 Å². The third-order valence-electron chi connectivity index (χ3n) is 3.49. The van der Waals surface area contributed by atoms with E-state index in [1.54, 1.807) is 32.4 Å². The van der Waals surface area contributed by atoms with Crippen molar-refractivity contribution in [1.29, 1.82) is 5.41 Å². The molecule has 0 heterocycles. The molecule has 2 N–H and O–H groups in total. The highest BCUT2D eigenvalue weighted by Gasteiger charge is 2.13. The molecule has 0 atom stereocenters. The van der Waals surface area contributed by atoms with E-state index in [9.17, 15) is 0 Å². The van der Waals surface area contributed by atoms with E-state index >= 15 is 0 Å². The lowest BCUT2D eigenvalue weighted by Crippen LogP contribution is -2.21. The van der Waals surface area contributed by atoms with Gasteiger partial charge in [0.2, 0.25) is 5.75 Å². The number of halogens is 2. The van der Waals surface area contributed by atoms with Crippen molar-refractivity contribution in [1.82, 2.24) is 5.32 Å². The molecular formula is C18H20Cl2N2O3. The summed E-state index contributed by atoms with van der Waals surface area (Å²) in [7, 11) is 3.11. The number of hydrogen-bond donors (Lipinski definition) is 2. The van der Waals surface area contributed by atoms with Crippen molar-refractivity contribution in [2.75, 3.05) is 27.4 Å². The summed E-state index contributed by atoms with van der Waals surface area (Å²) >= 11 is 11.9. The Morgan fingerprint density at radius 1 is 1.04 bits per heavy atom. The summed E-state index contributed by atoms with van der Waals surface area (Å²) in [6.07, 6.45) is 1.23. The summed E-state index contributed by atoms with van der Waals surface area (Å²) in [4.78, 5) is 0. The summed E-state index contributed by atoms with van der Waals surface area (Å²) in [5.74, 6) is 1.58. The second kappa shape index (κ2) is 9.51. The van der Waals surface area contributed by atoms with Crippen molar-refractivity contribution in [3.8, 4) is 17.2 Å². The van der Waals surface area contributed by atoms with Crippen LogP contribution in [-0.2, 0) is 6.54 Å². The van der Waals surface area contributed by atoms with Gasteiger partial charge in [-0.2, -0.15) is 0 Å². The fourth-order valence-electron chi connectivity index (χ4n) is 2.23. The zero-order valence-corrected chi connectivity index (χ0v) is 15.6. The molecule has 0 saturated carbocycles. The molecule has 0 amide bonds. The Morgan fingerprint density at radius 2 is 1.72 bits per heavy atom. The quantitative estimate of drug-likeness (QED) is 0.504. The summed E-state index contributed by atoms with van der Waals surface area (Å²) in [5.41, 5.74) is 1.72. The van der Waals surface area contributed by atoms with Crippen LogP contribution in [0.2, 0.25) is 10.0 Å². The number of ether oxygens (including phenoxy) is 3. The first-order valence-corrected chi connectivity index (χ1v) is 8.38. The fourth-order valence-corrected chi connectivity index (χ4v) is 2.55. The monoisotopic (exact) mass is 382 g/mol. The second-order valence-electron chi connectivity index (χ2n) is 5.17. The highest BCUT2D eigenvalue weighted by Crippen LogP contribution is 2.38. The zero-order valence-electron chi connectivity index (χ0n) is 14.1. The van der Waals surface area contributed by atoms with Crippen molar-refractivity contribution >= 4 is 29.4 Å². The van der Waals surface area contributed by atoms with Gasteiger partial charge in [-0.05, 0) is 35.4 Å². The highest BCUT2D eigenvalue weighted by molar-refractivity contribution is 6.42. The number of rotatable bonds is 9. The Balaban J connectivity index is 1.90. The predicted molar refractivity (Wildman–Crippen MR) is 101 cm³/mol. The van der Waals surface area contributed by atoms with E-state index < -0.39 is 0 Å². The van der Waals surface area contributed by atoms with Crippen LogP contribution in [0.3, 0.4) is 0 Å². The molecule has 7 heteroatoms. The molecule has 0 aliphatic rings. The van der Waals surface area contributed by atoms with Gasteiger partial charge in [0.1, 0.15) is 6.61 Å². The van der Waals surface area contributed by atoms with Crippen LogP contribution < -0.4 is 19.5 Å². The smallest absolute Gasteiger partial charge is 0.203 e. The van der Waals surface area contributed by atoms with E-state index in [4.69, 9.17) is 42.8 Å². The molecule has 0 radical (unpaired) electrons. The second-order valence-corrected chi connectivity index (χ2v) is 5.99. The Morgan fingerprint density at radius 3 is 2.28 bits per heavy atom. The average molecular weight is 383 g/mol. The molecule has 0 aliphatic heterocycles. The van der Waals surface area contributed by atoms with Crippen LogP contribution in [0.1, 0.15) is 11.1 Å². The largest absolute Gasteiger partial charge is 0.493 e. The minimum Gasteiger partial charge on any atom is -0.493 e. The van der Waals surface area contributed by atoms with Crippen LogP contribution in [0.5, 0.6) is 17.2 Å². The fraction of sp³-hybridized carbons (Fsp3) is 0.278. The van der Waals surface area contributed by atoms with Gasteiger partial charge in [0.15, 0.2) is 11.5 Å². The topological polar surface area (TPSA) is 63.6 Å². The maximum Gasteiger partial charge on any atom is 0.203 e. The summed E-state index contributed by atoms with van der Waals surface area (Å²) in [6, 6.07) is 8.99. The molecule has 2 aromatic rings. The lowest BCUT2D eigenvalue weighted by Gasteiger charge is -2.15. The normalized spacial score (nSPS) is 10.4. The van der Waals surface area contributed by atoms with Gasteiger partial charge in [-0.15, -0.1) is 0 Å². The van der Waals surface area contributed by atoms with E-state index in [0.29, 0.717) is 52.6 Å². The van der Waals surface area contributed by atoms with Gasteiger partial charge in [0.05, 0.1) is 24.3 Å². The van der Waals surface area contributed by atoms with Crippen molar-refractivity contribution in [3.05, 3.63) is 51.5 Å². The van der Waals surface area contributed by atoms with Gasteiger partial charge in [0.25, 0.3) is 0 Å². The van der Waals surface area contributed by atoms with Gasteiger partial charge in [0, 0.05) is 19.3 Å². The van der Waals surface area contributed by atoms with Crippen molar-refractivity contribution in [2.45, 2.75) is 6.54 Å². The van der Waals surface area contributed by atoms with Gasteiger partial charge >= 0.3 is 0 Å². The van der Waals surface area contributed by atoms with Gasteiger partial charge in [-0.3, -0.25) is 0 Å². The van der Waals surface area contributed by atoms with E-state index in [2.05, 4.69) is 5.32 Å². The third kappa shape index (κ3) is 5.26. The van der Waals surface area contributed by atoms with Crippen LogP contribution >= 0.6 is 23.2 Å². The van der Waals surface area contributed by atoms with Crippen LogP contribution in [0, 0.1) is 5.41 Å². The Bertz CT molecular complexity index is 713. The van der Waals surface area contributed by atoms with Crippen LogP contribution in [0.25, 0.3) is 0 Å². The molecule has 0 fully saturated rings. The molecule has 134 valence electrons. The molecular weight excluding hydrogens is 363 g/mol. The number of hydrogen-bond acceptors (Lipinski definition) is 5. The molecule has 0 unspecified atom stereocenters. The van der Waals surface area contributed by atoms with E-state index in [1.165, 1.54) is 6.21 Å². The first-order chi connectivity index (χ1) is 12.1. The predicted octanol–water partition coefficient (Wildman–Crippen LogP) is 4.18. The van der Waals surface area contributed by atoms with Crippen molar-refractivity contribution < 1.29 is 14.2 Å². The molecule has 2 rings (SSSR count).